The predicted octanol–water partition coefficient (Wildman–Crippen LogP) is 2.22. The van der Waals surface area contributed by atoms with Crippen LogP contribution in [0.2, 0.25) is 0 Å². The highest BCUT2D eigenvalue weighted by Crippen LogP contribution is 2.20. The van der Waals surface area contributed by atoms with Crippen molar-refractivity contribution >= 4 is 11.3 Å². The van der Waals surface area contributed by atoms with Crippen LogP contribution in [0.4, 0.5) is 0 Å². The Kier molecular flexibility index (Phi) is 4.38. The monoisotopic (exact) mass is 238 g/mol. The molecule has 1 aromatic heterocycles. The minimum absolute atomic E-state index is 0.691. The highest BCUT2D eigenvalue weighted by Gasteiger charge is 2.25. The summed E-state index contributed by atoms with van der Waals surface area (Å²) in [4.78, 5) is 2.64. The maximum atomic E-state index is 3.29. The second kappa shape index (κ2) is 5.80. The molecule has 2 unspecified atom stereocenters. The highest BCUT2D eigenvalue weighted by molar-refractivity contribution is 7.07. The van der Waals surface area contributed by atoms with Crippen molar-refractivity contribution in [1.29, 1.82) is 0 Å². The summed E-state index contributed by atoms with van der Waals surface area (Å²) in [5, 5.41) is 7.74. The van der Waals surface area contributed by atoms with Crippen LogP contribution in [0.3, 0.4) is 0 Å². The summed E-state index contributed by atoms with van der Waals surface area (Å²) >= 11 is 1.80. The fourth-order valence-corrected chi connectivity index (χ4v) is 3.28. The number of nitrogens with one attached hydrogen (secondary N) is 1. The van der Waals surface area contributed by atoms with E-state index < -0.39 is 0 Å². The first kappa shape index (κ1) is 12.1. The Balaban J connectivity index is 1.80. The summed E-state index contributed by atoms with van der Waals surface area (Å²) in [5.74, 6) is 0.856. The van der Waals surface area contributed by atoms with Gasteiger partial charge in [-0.15, -0.1) is 0 Å². The van der Waals surface area contributed by atoms with E-state index in [9.17, 15) is 0 Å². The Morgan fingerprint density at radius 2 is 2.50 bits per heavy atom. The molecule has 16 heavy (non-hydrogen) atoms. The zero-order valence-electron chi connectivity index (χ0n) is 10.3. The molecule has 0 aliphatic carbocycles. The normalized spacial score (nSPS) is 23.8. The molecule has 0 bridgehead atoms. The number of likely N-dealkylation sites (tertiary alicyclic amines) is 1. The summed E-state index contributed by atoms with van der Waals surface area (Å²) in [6.45, 7) is 6.07. The lowest BCUT2D eigenvalue weighted by Crippen LogP contribution is -2.33. The van der Waals surface area contributed by atoms with Gasteiger partial charge in [0.15, 0.2) is 0 Å². The van der Waals surface area contributed by atoms with Gasteiger partial charge in [-0.05, 0) is 68.2 Å². The Morgan fingerprint density at radius 3 is 3.19 bits per heavy atom. The van der Waals surface area contributed by atoms with Crippen LogP contribution in [0.1, 0.15) is 18.9 Å². The van der Waals surface area contributed by atoms with Gasteiger partial charge in [0, 0.05) is 12.6 Å². The van der Waals surface area contributed by atoms with Gasteiger partial charge in [-0.3, -0.25) is 4.90 Å². The van der Waals surface area contributed by atoms with Crippen molar-refractivity contribution in [2.75, 3.05) is 26.7 Å². The molecule has 1 aromatic rings. The van der Waals surface area contributed by atoms with Crippen molar-refractivity contribution in [1.82, 2.24) is 10.2 Å². The van der Waals surface area contributed by atoms with Crippen LogP contribution in [0, 0.1) is 5.92 Å². The maximum Gasteiger partial charge on any atom is 0.0108 e. The first-order valence-corrected chi connectivity index (χ1v) is 7.13. The molecule has 1 saturated heterocycles. The molecule has 1 fully saturated rings. The summed E-state index contributed by atoms with van der Waals surface area (Å²) in [7, 11) is 2.05. The second-order valence-electron chi connectivity index (χ2n) is 4.89. The molecule has 1 aliphatic rings. The molecule has 1 N–H and O–H groups in total. The first-order valence-electron chi connectivity index (χ1n) is 6.19. The van der Waals surface area contributed by atoms with Gasteiger partial charge < -0.3 is 5.32 Å². The van der Waals surface area contributed by atoms with Gasteiger partial charge in [-0.25, -0.2) is 0 Å². The van der Waals surface area contributed by atoms with Gasteiger partial charge in [-0.2, -0.15) is 11.3 Å². The molecule has 2 nitrogen and oxygen atoms in total. The van der Waals surface area contributed by atoms with Crippen molar-refractivity contribution in [2.24, 2.45) is 5.92 Å². The smallest absolute Gasteiger partial charge is 0.0108 e. The number of hydrogen-bond donors (Lipinski definition) is 1. The lowest BCUT2D eigenvalue weighted by atomic mass is 10.1. The van der Waals surface area contributed by atoms with Gasteiger partial charge >= 0.3 is 0 Å². The third kappa shape index (κ3) is 3.06. The molecule has 0 saturated carbocycles. The average molecular weight is 238 g/mol. The van der Waals surface area contributed by atoms with Crippen molar-refractivity contribution in [3.63, 3.8) is 0 Å². The quantitative estimate of drug-likeness (QED) is 0.846. The molecule has 2 rings (SSSR count). The van der Waals surface area contributed by atoms with Gasteiger partial charge in [0.25, 0.3) is 0 Å². The van der Waals surface area contributed by atoms with Crippen molar-refractivity contribution in [3.8, 4) is 0 Å². The van der Waals surface area contributed by atoms with Crippen LogP contribution in [-0.2, 0) is 6.42 Å². The third-order valence-electron chi connectivity index (χ3n) is 3.54. The van der Waals surface area contributed by atoms with E-state index in [2.05, 4.69) is 41.0 Å². The van der Waals surface area contributed by atoms with Crippen LogP contribution >= 0.6 is 11.3 Å². The average Bonchev–Trinajstić information content (AvgIpc) is 2.89. The van der Waals surface area contributed by atoms with Gasteiger partial charge in [-0.1, -0.05) is 0 Å². The Labute approximate surface area is 103 Å². The number of hydrogen-bond acceptors (Lipinski definition) is 3. The molecule has 1 aliphatic heterocycles. The fourth-order valence-electron chi connectivity index (χ4n) is 2.60. The van der Waals surface area contributed by atoms with Crippen molar-refractivity contribution in [2.45, 2.75) is 25.8 Å². The van der Waals surface area contributed by atoms with E-state index in [-0.39, 0.29) is 0 Å². The molecular formula is C13H22N2S. The lowest BCUT2D eigenvalue weighted by Gasteiger charge is -2.24. The van der Waals surface area contributed by atoms with E-state index in [4.69, 9.17) is 0 Å². The third-order valence-corrected chi connectivity index (χ3v) is 4.28. The number of thiophene rings is 1. The minimum Gasteiger partial charge on any atom is -0.319 e. The molecule has 90 valence electrons. The Hall–Kier alpha value is -0.380. The minimum atomic E-state index is 0.691. The van der Waals surface area contributed by atoms with E-state index in [0.29, 0.717) is 6.04 Å². The van der Waals surface area contributed by atoms with E-state index in [1.165, 1.54) is 38.0 Å². The first-order chi connectivity index (χ1) is 7.79. The van der Waals surface area contributed by atoms with Crippen LogP contribution < -0.4 is 5.32 Å². The molecule has 0 amide bonds. The van der Waals surface area contributed by atoms with Gasteiger partial charge in [0.1, 0.15) is 0 Å². The van der Waals surface area contributed by atoms with E-state index in [1.54, 1.807) is 11.3 Å². The summed E-state index contributed by atoms with van der Waals surface area (Å²) in [6, 6.07) is 2.94. The molecule has 2 atom stereocenters. The topological polar surface area (TPSA) is 15.3 Å². The van der Waals surface area contributed by atoms with Crippen LogP contribution in [-0.4, -0.2) is 37.6 Å². The fraction of sp³-hybridized carbons (Fsp3) is 0.692. The summed E-state index contributed by atoms with van der Waals surface area (Å²) in [5.41, 5.74) is 1.49. The lowest BCUT2D eigenvalue weighted by molar-refractivity contribution is 0.247. The van der Waals surface area contributed by atoms with E-state index in [0.717, 1.165) is 5.92 Å². The molecule has 0 aromatic carbocycles. The summed E-state index contributed by atoms with van der Waals surface area (Å²) < 4.78 is 0. The largest absolute Gasteiger partial charge is 0.319 e. The predicted molar refractivity (Wildman–Crippen MR) is 71.1 cm³/mol. The molecule has 3 heteroatoms. The SMILES string of the molecule is CNCC1CCN(C(C)Cc2ccsc2)C1. The van der Waals surface area contributed by atoms with E-state index in [1.807, 2.05) is 0 Å². The van der Waals surface area contributed by atoms with Crippen LogP contribution in [0.5, 0.6) is 0 Å². The Bertz CT molecular complexity index is 297. The molecule has 2 heterocycles. The summed E-state index contributed by atoms with van der Waals surface area (Å²) in [6.07, 6.45) is 2.56. The standard InChI is InChI=1S/C13H22N2S/c1-11(7-12-4-6-16-10-12)15-5-3-13(9-15)8-14-2/h4,6,10-11,13-14H,3,5,7-9H2,1-2H3. The van der Waals surface area contributed by atoms with Crippen LogP contribution in [0.25, 0.3) is 0 Å². The van der Waals surface area contributed by atoms with Crippen molar-refractivity contribution < 1.29 is 0 Å². The van der Waals surface area contributed by atoms with Crippen molar-refractivity contribution in [3.05, 3.63) is 22.4 Å². The van der Waals surface area contributed by atoms with E-state index >= 15 is 0 Å². The zero-order chi connectivity index (χ0) is 11.4. The van der Waals surface area contributed by atoms with Gasteiger partial charge in [0.2, 0.25) is 0 Å². The second-order valence-corrected chi connectivity index (χ2v) is 5.67. The number of rotatable bonds is 5. The Morgan fingerprint density at radius 1 is 1.62 bits per heavy atom. The maximum absolute atomic E-state index is 3.29. The highest BCUT2D eigenvalue weighted by atomic mass is 32.1. The molecule has 0 spiro atoms. The molecular weight excluding hydrogens is 216 g/mol. The van der Waals surface area contributed by atoms with Crippen LogP contribution in [0.15, 0.2) is 16.8 Å². The molecule has 0 radical (unpaired) electrons. The number of nitrogens with zero attached hydrogens (tertiary/aromatic N) is 1. The zero-order valence-corrected chi connectivity index (χ0v) is 11.1. The van der Waals surface area contributed by atoms with Gasteiger partial charge in [0.05, 0.1) is 0 Å².